The number of hydrogen-bond donors (Lipinski definition) is 0. The molecule has 2 heterocycles. The molecular weight excluding hydrogens is 276 g/mol. The zero-order valence-corrected chi connectivity index (χ0v) is 12.3. The van der Waals surface area contributed by atoms with Gasteiger partial charge < -0.3 is 4.74 Å². The summed E-state index contributed by atoms with van der Waals surface area (Å²) in [4.78, 5) is 30.8. The Morgan fingerprint density at radius 2 is 2.35 bits per heavy atom. The van der Waals surface area contributed by atoms with E-state index < -0.39 is 12.0 Å². The van der Waals surface area contributed by atoms with Crippen LogP contribution in [0, 0.1) is 0 Å². The summed E-state index contributed by atoms with van der Waals surface area (Å²) in [5.74, 6) is -0.400. The van der Waals surface area contributed by atoms with Crippen LogP contribution >= 0.6 is 11.3 Å². The van der Waals surface area contributed by atoms with E-state index in [9.17, 15) is 9.59 Å². The van der Waals surface area contributed by atoms with Gasteiger partial charge >= 0.3 is 5.97 Å². The highest BCUT2D eigenvalue weighted by molar-refractivity contribution is 7.18. The van der Waals surface area contributed by atoms with Gasteiger partial charge in [-0.05, 0) is 38.7 Å². The highest BCUT2D eigenvalue weighted by atomic mass is 32.1. The summed E-state index contributed by atoms with van der Waals surface area (Å²) in [6.07, 6.45) is 4.52. The lowest BCUT2D eigenvalue weighted by Crippen LogP contribution is -2.29. The maximum Gasteiger partial charge on any atom is 0.328 e. The van der Waals surface area contributed by atoms with Gasteiger partial charge in [0.1, 0.15) is 10.9 Å². The quantitative estimate of drug-likeness (QED) is 0.813. The predicted octanol–water partition coefficient (Wildman–Crippen LogP) is 2.07. The van der Waals surface area contributed by atoms with Crippen LogP contribution in [0.4, 0.5) is 0 Å². The van der Waals surface area contributed by atoms with Crippen LogP contribution in [0.5, 0.6) is 0 Å². The molecule has 0 spiro atoms. The molecule has 1 aliphatic carbocycles. The third kappa shape index (κ3) is 1.95. The summed E-state index contributed by atoms with van der Waals surface area (Å²) < 4.78 is 6.36. The Morgan fingerprint density at radius 1 is 1.55 bits per heavy atom. The fourth-order valence-electron chi connectivity index (χ4n) is 2.65. The SMILES string of the molecule is CCOC(=O)[C@@H](C)n1cnc2sc3c(c2c1=O)CCC3. The first-order valence-corrected chi connectivity index (χ1v) is 7.63. The van der Waals surface area contributed by atoms with E-state index in [1.807, 2.05) is 0 Å². The number of fused-ring (bicyclic) bond motifs is 3. The molecule has 0 radical (unpaired) electrons. The average Bonchev–Trinajstić information content (AvgIpc) is 2.98. The van der Waals surface area contributed by atoms with Gasteiger partial charge in [-0.15, -0.1) is 11.3 Å². The van der Waals surface area contributed by atoms with Crippen LogP contribution in [0.3, 0.4) is 0 Å². The van der Waals surface area contributed by atoms with E-state index in [4.69, 9.17) is 4.74 Å². The van der Waals surface area contributed by atoms with Crippen molar-refractivity contribution in [2.75, 3.05) is 6.61 Å². The van der Waals surface area contributed by atoms with E-state index in [0.717, 1.165) is 29.7 Å². The van der Waals surface area contributed by atoms with Gasteiger partial charge in [0.2, 0.25) is 0 Å². The molecule has 3 rings (SSSR count). The smallest absolute Gasteiger partial charge is 0.328 e. The Labute approximate surface area is 120 Å². The Morgan fingerprint density at radius 3 is 3.10 bits per heavy atom. The lowest BCUT2D eigenvalue weighted by molar-refractivity contribution is -0.146. The van der Waals surface area contributed by atoms with Crippen molar-refractivity contribution >= 4 is 27.5 Å². The third-order valence-electron chi connectivity index (χ3n) is 3.70. The van der Waals surface area contributed by atoms with Crippen LogP contribution in [0.15, 0.2) is 11.1 Å². The number of esters is 1. The molecule has 0 fully saturated rings. The van der Waals surface area contributed by atoms with Crippen LogP contribution < -0.4 is 5.56 Å². The molecule has 0 N–H and O–H groups in total. The van der Waals surface area contributed by atoms with Crippen molar-refractivity contribution in [3.05, 3.63) is 27.1 Å². The Bertz CT molecular complexity index is 732. The van der Waals surface area contributed by atoms with Gasteiger partial charge in [-0.3, -0.25) is 9.36 Å². The second-order valence-electron chi connectivity index (χ2n) is 4.92. The predicted molar refractivity (Wildman–Crippen MR) is 77.2 cm³/mol. The highest BCUT2D eigenvalue weighted by Gasteiger charge is 2.24. The standard InChI is InChI=1S/C14H16N2O3S/c1-3-19-14(18)8(2)16-7-15-12-11(13(16)17)9-5-4-6-10(9)20-12/h7-8H,3-6H2,1-2H3/t8-/m1/s1. The van der Waals surface area contributed by atoms with Crippen molar-refractivity contribution < 1.29 is 9.53 Å². The zero-order valence-electron chi connectivity index (χ0n) is 11.5. The van der Waals surface area contributed by atoms with E-state index in [1.54, 1.807) is 25.2 Å². The van der Waals surface area contributed by atoms with E-state index >= 15 is 0 Å². The number of rotatable bonds is 3. The van der Waals surface area contributed by atoms with Crippen LogP contribution in [0.2, 0.25) is 0 Å². The second-order valence-corrected chi connectivity index (χ2v) is 6.01. The number of nitrogens with zero attached hydrogens (tertiary/aromatic N) is 2. The molecule has 0 bridgehead atoms. The lowest BCUT2D eigenvalue weighted by Gasteiger charge is -2.13. The minimum atomic E-state index is -0.642. The molecule has 5 nitrogen and oxygen atoms in total. The van der Waals surface area contributed by atoms with Gasteiger partial charge in [-0.2, -0.15) is 0 Å². The minimum Gasteiger partial charge on any atom is -0.464 e. The van der Waals surface area contributed by atoms with Crippen molar-refractivity contribution in [1.29, 1.82) is 0 Å². The Balaban J connectivity index is 2.11. The summed E-state index contributed by atoms with van der Waals surface area (Å²) in [6, 6.07) is -0.642. The molecule has 2 aromatic heterocycles. The summed E-state index contributed by atoms with van der Waals surface area (Å²) >= 11 is 1.60. The monoisotopic (exact) mass is 292 g/mol. The summed E-state index contributed by atoms with van der Waals surface area (Å²) in [7, 11) is 0. The Kier molecular flexibility index (Phi) is 3.33. The summed E-state index contributed by atoms with van der Waals surface area (Å²) in [5.41, 5.74) is 1.00. The zero-order chi connectivity index (χ0) is 14.3. The van der Waals surface area contributed by atoms with Crippen LogP contribution in [0.1, 0.15) is 36.8 Å². The van der Waals surface area contributed by atoms with Gasteiger partial charge in [0.05, 0.1) is 18.3 Å². The molecule has 0 saturated carbocycles. The van der Waals surface area contributed by atoms with Crippen LogP contribution in [-0.2, 0) is 22.4 Å². The molecule has 20 heavy (non-hydrogen) atoms. The molecule has 1 aliphatic rings. The first-order valence-electron chi connectivity index (χ1n) is 6.81. The molecule has 0 aromatic carbocycles. The van der Waals surface area contributed by atoms with Crippen LogP contribution in [0.25, 0.3) is 10.2 Å². The van der Waals surface area contributed by atoms with E-state index in [1.165, 1.54) is 15.8 Å². The number of carbonyl (C=O) groups excluding carboxylic acids is 1. The first-order chi connectivity index (χ1) is 9.63. The maximum atomic E-state index is 12.6. The van der Waals surface area contributed by atoms with Crippen molar-refractivity contribution in [1.82, 2.24) is 9.55 Å². The third-order valence-corrected chi connectivity index (χ3v) is 4.90. The van der Waals surface area contributed by atoms with Crippen LogP contribution in [-0.4, -0.2) is 22.1 Å². The van der Waals surface area contributed by atoms with Gasteiger partial charge in [0.25, 0.3) is 5.56 Å². The molecular formula is C14H16N2O3S. The maximum absolute atomic E-state index is 12.6. The average molecular weight is 292 g/mol. The number of ether oxygens (including phenoxy) is 1. The van der Waals surface area contributed by atoms with Gasteiger partial charge in [-0.25, -0.2) is 9.78 Å². The Hall–Kier alpha value is -1.69. The van der Waals surface area contributed by atoms with Gasteiger partial charge in [0.15, 0.2) is 0 Å². The van der Waals surface area contributed by atoms with Crippen molar-refractivity contribution in [3.8, 4) is 0 Å². The van der Waals surface area contributed by atoms with E-state index in [2.05, 4.69) is 4.98 Å². The molecule has 0 saturated heterocycles. The molecule has 1 atom stereocenters. The molecule has 2 aromatic rings. The van der Waals surface area contributed by atoms with Crippen molar-refractivity contribution in [2.24, 2.45) is 0 Å². The molecule has 0 amide bonds. The largest absolute Gasteiger partial charge is 0.464 e. The van der Waals surface area contributed by atoms with E-state index in [-0.39, 0.29) is 5.56 Å². The van der Waals surface area contributed by atoms with Crippen molar-refractivity contribution in [2.45, 2.75) is 39.2 Å². The number of hydrogen-bond acceptors (Lipinski definition) is 5. The number of carbonyl (C=O) groups is 1. The van der Waals surface area contributed by atoms with Gasteiger partial charge in [-0.1, -0.05) is 0 Å². The summed E-state index contributed by atoms with van der Waals surface area (Å²) in [5, 5.41) is 0.696. The van der Waals surface area contributed by atoms with Crippen molar-refractivity contribution in [3.63, 3.8) is 0 Å². The molecule has 0 unspecified atom stereocenters. The number of aryl methyl sites for hydroxylation is 2. The first kappa shape index (κ1) is 13.3. The minimum absolute atomic E-state index is 0.130. The fraction of sp³-hybridized carbons (Fsp3) is 0.500. The molecule has 6 heteroatoms. The number of thiophene rings is 1. The van der Waals surface area contributed by atoms with E-state index in [0.29, 0.717) is 12.0 Å². The molecule has 0 aliphatic heterocycles. The topological polar surface area (TPSA) is 61.2 Å². The second kappa shape index (κ2) is 5.01. The fourth-order valence-corrected chi connectivity index (χ4v) is 3.87. The highest BCUT2D eigenvalue weighted by Crippen LogP contribution is 2.34. The summed E-state index contributed by atoms with van der Waals surface area (Å²) in [6.45, 7) is 3.72. The normalized spacial score (nSPS) is 15.3. The number of aromatic nitrogens is 2. The lowest BCUT2D eigenvalue weighted by atomic mass is 10.2. The van der Waals surface area contributed by atoms with Gasteiger partial charge in [0, 0.05) is 4.88 Å². The molecule has 106 valence electrons.